The van der Waals surface area contributed by atoms with Gasteiger partial charge in [-0.2, -0.15) is 0 Å². The van der Waals surface area contributed by atoms with E-state index in [9.17, 15) is 0 Å². The zero-order valence-corrected chi connectivity index (χ0v) is 13.0. The van der Waals surface area contributed by atoms with Crippen molar-refractivity contribution in [2.45, 2.75) is 26.2 Å². The quantitative estimate of drug-likeness (QED) is 0.475. The lowest BCUT2D eigenvalue weighted by molar-refractivity contribution is 0.942. The van der Waals surface area contributed by atoms with E-state index >= 15 is 0 Å². The molecule has 0 nitrogen and oxygen atoms in total. The summed E-state index contributed by atoms with van der Waals surface area (Å²) in [4.78, 5) is 0. The van der Waals surface area contributed by atoms with Gasteiger partial charge in [0.25, 0.3) is 0 Å². The average molecular weight is 284 g/mol. The van der Waals surface area contributed by atoms with Crippen molar-refractivity contribution >= 4 is 0 Å². The molecule has 1 aliphatic rings. The van der Waals surface area contributed by atoms with Gasteiger partial charge in [0.2, 0.25) is 0 Å². The second kappa shape index (κ2) is 5.46. The van der Waals surface area contributed by atoms with Gasteiger partial charge in [0.1, 0.15) is 0 Å². The van der Waals surface area contributed by atoms with Crippen molar-refractivity contribution < 1.29 is 0 Å². The second-order valence-electron chi connectivity index (χ2n) is 6.26. The molecule has 3 aromatic carbocycles. The summed E-state index contributed by atoms with van der Waals surface area (Å²) < 4.78 is 0. The van der Waals surface area contributed by atoms with Crippen LogP contribution in [0.3, 0.4) is 0 Å². The Hall–Kier alpha value is -2.34. The Morgan fingerprint density at radius 2 is 1.50 bits per heavy atom. The van der Waals surface area contributed by atoms with E-state index < -0.39 is 0 Å². The summed E-state index contributed by atoms with van der Waals surface area (Å²) in [5, 5.41) is 0. The van der Waals surface area contributed by atoms with E-state index in [2.05, 4.69) is 73.7 Å². The Labute approximate surface area is 132 Å². The third kappa shape index (κ3) is 2.35. The molecule has 0 aliphatic heterocycles. The Balaban J connectivity index is 1.61. The van der Waals surface area contributed by atoms with Crippen molar-refractivity contribution in [2.24, 2.45) is 0 Å². The van der Waals surface area contributed by atoms with Gasteiger partial charge in [-0.05, 0) is 59.6 Å². The maximum absolute atomic E-state index is 2.30. The van der Waals surface area contributed by atoms with E-state index in [0.29, 0.717) is 0 Å². The fraction of sp³-hybridized carbons (Fsp3) is 0.182. The number of benzene rings is 3. The van der Waals surface area contributed by atoms with Crippen LogP contribution in [0.25, 0.3) is 11.1 Å². The van der Waals surface area contributed by atoms with E-state index in [-0.39, 0.29) is 0 Å². The molecule has 0 unspecified atom stereocenters. The van der Waals surface area contributed by atoms with Crippen molar-refractivity contribution in [2.75, 3.05) is 0 Å². The van der Waals surface area contributed by atoms with E-state index in [4.69, 9.17) is 0 Å². The summed E-state index contributed by atoms with van der Waals surface area (Å²) >= 11 is 0. The molecule has 0 saturated heterocycles. The number of hydrogen-bond donors (Lipinski definition) is 0. The van der Waals surface area contributed by atoms with Crippen LogP contribution >= 0.6 is 0 Å². The molecule has 0 N–H and O–H groups in total. The molecule has 0 bridgehead atoms. The van der Waals surface area contributed by atoms with Gasteiger partial charge in [-0.1, -0.05) is 72.3 Å². The van der Waals surface area contributed by atoms with Crippen LogP contribution in [0.1, 0.15) is 27.8 Å². The molecule has 3 aromatic rings. The normalized spacial score (nSPS) is 12.0. The molecular formula is C22H20. The third-order valence-corrected chi connectivity index (χ3v) is 4.75. The van der Waals surface area contributed by atoms with E-state index in [0.717, 1.165) is 19.3 Å². The van der Waals surface area contributed by atoms with E-state index in [1.807, 2.05) is 0 Å². The van der Waals surface area contributed by atoms with Crippen LogP contribution in [-0.2, 0) is 19.3 Å². The Kier molecular flexibility index (Phi) is 3.31. The number of fused-ring (bicyclic) bond motifs is 3. The van der Waals surface area contributed by atoms with Crippen LogP contribution in [0.5, 0.6) is 0 Å². The van der Waals surface area contributed by atoms with Crippen molar-refractivity contribution in [3.63, 3.8) is 0 Å². The minimum atomic E-state index is 1.09. The summed E-state index contributed by atoms with van der Waals surface area (Å²) in [7, 11) is 0. The molecule has 0 saturated carbocycles. The Morgan fingerprint density at radius 1 is 0.727 bits per heavy atom. The minimum Gasteiger partial charge on any atom is -0.0619 e. The molecule has 0 heterocycles. The summed E-state index contributed by atoms with van der Waals surface area (Å²) in [6, 6.07) is 24.5. The van der Waals surface area contributed by atoms with Crippen LogP contribution in [0.2, 0.25) is 0 Å². The van der Waals surface area contributed by atoms with Crippen LogP contribution < -0.4 is 0 Å². The van der Waals surface area contributed by atoms with Gasteiger partial charge in [-0.3, -0.25) is 0 Å². The highest BCUT2D eigenvalue weighted by Gasteiger charge is 2.19. The zero-order valence-electron chi connectivity index (χ0n) is 13.0. The van der Waals surface area contributed by atoms with Gasteiger partial charge < -0.3 is 0 Å². The SMILES string of the molecule is Cc1ccc(CCc2cccc3c2Cc2ccccc2-3)cc1. The monoisotopic (exact) mass is 284 g/mol. The molecular weight excluding hydrogens is 264 g/mol. The molecule has 0 fully saturated rings. The molecule has 0 radical (unpaired) electrons. The van der Waals surface area contributed by atoms with Crippen LogP contribution in [0.4, 0.5) is 0 Å². The molecule has 0 heteroatoms. The average Bonchev–Trinajstić information content (AvgIpc) is 2.94. The highest BCUT2D eigenvalue weighted by atomic mass is 14.2. The van der Waals surface area contributed by atoms with Crippen LogP contribution in [-0.4, -0.2) is 0 Å². The smallest absolute Gasteiger partial charge is 0.00107 e. The topological polar surface area (TPSA) is 0 Å². The van der Waals surface area contributed by atoms with E-state index in [1.165, 1.54) is 38.9 Å². The van der Waals surface area contributed by atoms with E-state index in [1.54, 1.807) is 0 Å². The summed E-state index contributed by atoms with van der Waals surface area (Å²) in [5.41, 5.74) is 10.1. The predicted octanol–water partition coefficient (Wildman–Crippen LogP) is 5.35. The molecule has 0 aromatic heterocycles. The molecule has 1 aliphatic carbocycles. The fourth-order valence-corrected chi connectivity index (χ4v) is 3.49. The fourth-order valence-electron chi connectivity index (χ4n) is 3.49. The van der Waals surface area contributed by atoms with Crippen molar-refractivity contribution in [1.29, 1.82) is 0 Å². The summed E-state index contributed by atoms with van der Waals surface area (Å²) in [6.45, 7) is 2.14. The van der Waals surface area contributed by atoms with Crippen LogP contribution in [0, 0.1) is 6.92 Å². The maximum Gasteiger partial charge on any atom is -0.00107 e. The molecule has 0 atom stereocenters. The van der Waals surface area contributed by atoms with Gasteiger partial charge >= 0.3 is 0 Å². The zero-order chi connectivity index (χ0) is 14.9. The number of aryl methyl sites for hydroxylation is 3. The van der Waals surface area contributed by atoms with Gasteiger partial charge in [-0.15, -0.1) is 0 Å². The molecule has 0 spiro atoms. The first kappa shape index (κ1) is 13.3. The van der Waals surface area contributed by atoms with Gasteiger partial charge in [0, 0.05) is 0 Å². The summed E-state index contributed by atoms with van der Waals surface area (Å²) in [6.07, 6.45) is 3.34. The van der Waals surface area contributed by atoms with Gasteiger partial charge in [-0.25, -0.2) is 0 Å². The highest BCUT2D eigenvalue weighted by Crippen LogP contribution is 2.38. The Bertz CT molecular complexity index is 810. The van der Waals surface area contributed by atoms with Crippen molar-refractivity contribution in [3.8, 4) is 11.1 Å². The van der Waals surface area contributed by atoms with Crippen molar-refractivity contribution in [1.82, 2.24) is 0 Å². The van der Waals surface area contributed by atoms with Gasteiger partial charge in [0.15, 0.2) is 0 Å². The maximum atomic E-state index is 2.30. The lowest BCUT2D eigenvalue weighted by atomic mass is 9.96. The summed E-state index contributed by atoms with van der Waals surface area (Å²) in [5.74, 6) is 0. The standard InChI is InChI=1S/C22H20/c1-16-9-11-17(12-10-16)13-14-18-6-4-8-21-20-7-3-2-5-19(20)15-22(18)21/h2-12H,13-15H2,1H3. The molecule has 4 rings (SSSR count). The largest absolute Gasteiger partial charge is 0.0619 e. The van der Waals surface area contributed by atoms with Crippen LogP contribution in [0.15, 0.2) is 66.7 Å². The first-order valence-electron chi connectivity index (χ1n) is 8.06. The number of hydrogen-bond acceptors (Lipinski definition) is 0. The highest BCUT2D eigenvalue weighted by molar-refractivity contribution is 5.77. The first-order chi connectivity index (χ1) is 10.8. The predicted molar refractivity (Wildman–Crippen MR) is 93.3 cm³/mol. The number of rotatable bonds is 3. The van der Waals surface area contributed by atoms with Gasteiger partial charge in [0.05, 0.1) is 0 Å². The Morgan fingerprint density at radius 3 is 2.36 bits per heavy atom. The molecule has 22 heavy (non-hydrogen) atoms. The first-order valence-corrected chi connectivity index (χ1v) is 8.06. The molecule has 108 valence electrons. The minimum absolute atomic E-state index is 1.09. The third-order valence-electron chi connectivity index (χ3n) is 4.75. The molecule has 0 amide bonds. The second-order valence-corrected chi connectivity index (χ2v) is 6.26. The van der Waals surface area contributed by atoms with Crippen molar-refractivity contribution in [3.05, 3.63) is 94.5 Å². The lowest BCUT2D eigenvalue weighted by Crippen LogP contribution is -1.96. The lowest BCUT2D eigenvalue weighted by Gasteiger charge is -2.09.